The zero-order valence-electron chi connectivity index (χ0n) is 16.6. The zero-order chi connectivity index (χ0) is 20.3. The number of aryl methyl sites for hydroxylation is 1. The lowest BCUT2D eigenvalue weighted by molar-refractivity contribution is 0.182. The van der Waals surface area contributed by atoms with Gasteiger partial charge in [0.15, 0.2) is 0 Å². The van der Waals surface area contributed by atoms with E-state index in [9.17, 15) is 13.2 Å². The SMILES string of the molecule is CCc1ccc(S(=O)(=O)N2CCC(c3nn(CCOC)c(=O)n3CC)CC2)s1. The van der Waals surface area contributed by atoms with Crippen molar-refractivity contribution in [2.24, 2.45) is 0 Å². The number of methoxy groups -OCH3 is 1. The smallest absolute Gasteiger partial charge is 0.345 e. The summed E-state index contributed by atoms with van der Waals surface area (Å²) in [6.07, 6.45) is 2.15. The number of aromatic nitrogens is 3. The van der Waals surface area contributed by atoms with Gasteiger partial charge in [0, 0.05) is 37.5 Å². The van der Waals surface area contributed by atoms with Crippen molar-refractivity contribution in [1.82, 2.24) is 18.7 Å². The van der Waals surface area contributed by atoms with E-state index >= 15 is 0 Å². The van der Waals surface area contributed by atoms with Crippen LogP contribution in [-0.2, 0) is 34.3 Å². The molecule has 2 aromatic rings. The van der Waals surface area contributed by atoms with E-state index in [1.165, 1.54) is 16.0 Å². The molecule has 3 rings (SSSR count). The lowest BCUT2D eigenvalue weighted by Crippen LogP contribution is -2.38. The van der Waals surface area contributed by atoms with Crippen LogP contribution in [0, 0.1) is 0 Å². The lowest BCUT2D eigenvalue weighted by Gasteiger charge is -2.30. The molecule has 0 atom stereocenters. The molecule has 0 aliphatic carbocycles. The molecule has 8 nitrogen and oxygen atoms in total. The quantitative estimate of drug-likeness (QED) is 0.641. The molecule has 0 saturated carbocycles. The molecule has 0 aromatic carbocycles. The Kier molecular flexibility index (Phi) is 6.74. The molecule has 3 heterocycles. The summed E-state index contributed by atoms with van der Waals surface area (Å²) in [6, 6.07) is 3.59. The Labute approximate surface area is 169 Å². The maximum Gasteiger partial charge on any atom is 0.345 e. The van der Waals surface area contributed by atoms with Crippen LogP contribution in [0.4, 0.5) is 0 Å². The minimum absolute atomic E-state index is 0.0810. The third kappa shape index (κ3) is 4.10. The van der Waals surface area contributed by atoms with Crippen LogP contribution in [0.15, 0.2) is 21.1 Å². The van der Waals surface area contributed by atoms with Crippen LogP contribution >= 0.6 is 11.3 Å². The van der Waals surface area contributed by atoms with Gasteiger partial charge in [-0.25, -0.2) is 17.9 Å². The molecule has 1 fully saturated rings. The summed E-state index contributed by atoms with van der Waals surface area (Å²) >= 11 is 1.35. The van der Waals surface area contributed by atoms with Crippen molar-refractivity contribution in [3.8, 4) is 0 Å². The average Bonchev–Trinajstić information content (AvgIpc) is 3.31. The first-order valence-electron chi connectivity index (χ1n) is 9.67. The Morgan fingerprint density at radius 3 is 2.54 bits per heavy atom. The first-order valence-corrected chi connectivity index (χ1v) is 11.9. The normalized spacial score (nSPS) is 16.7. The van der Waals surface area contributed by atoms with Gasteiger partial charge in [0.2, 0.25) is 0 Å². The largest absolute Gasteiger partial charge is 0.383 e. The summed E-state index contributed by atoms with van der Waals surface area (Å²) in [6.45, 7) is 6.22. The highest BCUT2D eigenvalue weighted by atomic mass is 32.2. The van der Waals surface area contributed by atoms with Crippen molar-refractivity contribution in [1.29, 1.82) is 0 Å². The molecule has 1 saturated heterocycles. The van der Waals surface area contributed by atoms with Gasteiger partial charge < -0.3 is 4.74 Å². The van der Waals surface area contributed by atoms with Crippen molar-refractivity contribution in [2.45, 2.75) is 56.3 Å². The van der Waals surface area contributed by atoms with Gasteiger partial charge in [-0.05, 0) is 38.3 Å². The zero-order valence-corrected chi connectivity index (χ0v) is 18.3. The molecule has 1 aliphatic rings. The minimum atomic E-state index is -3.45. The topological polar surface area (TPSA) is 86.4 Å². The van der Waals surface area contributed by atoms with E-state index in [2.05, 4.69) is 5.10 Å². The van der Waals surface area contributed by atoms with E-state index in [4.69, 9.17) is 4.74 Å². The molecular weight excluding hydrogens is 400 g/mol. The standard InChI is InChI=1S/C18H28N4O4S2/c1-4-15-6-7-16(27-15)28(24,25)20-10-8-14(9-11-20)17-19-22(12-13-26-3)18(23)21(17)5-2/h6-7,14H,4-5,8-13H2,1-3H3. The van der Waals surface area contributed by atoms with Crippen molar-refractivity contribution in [2.75, 3.05) is 26.8 Å². The molecule has 0 spiro atoms. The number of hydrogen-bond acceptors (Lipinski definition) is 6. The summed E-state index contributed by atoms with van der Waals surface area (Å²) in [5.41, 5.74) is -0.129. The van der Waals surface area contributed by atoms with Gasteiger partial charge in [-0.1, -0.05) is 6.92 Å². The second kappa shape index (κ2) is 8.89. The maximum atomic E-state index is 12.9. The third-order valence-corrected chi connectivity index (χ3v) is 8.77. The van der Waals surface area contributed by atoms with Crippen molar-refractivity contribution >= 4 is 21.4 Å². The fourth-order valence-corrected chi connectivity index (χ4v) is 6.47. The summed E-state index contributed by atoms with van der Waals surface area (Å²) in [4.78, 5) is 13.6. The predicted octanol–water partition coefficient (Wildman–Crippen LogP) is 1.90. The highest BCUT2D eigenvalue weighted by Crippen LogP contribution is 2.31. The van der Waals surface area contributed by atoms with E-state index in [-0.39, 0.29) is 11.6 Å². The van der Waals surface area contributed by atoms with Crippen molar-refractivity contribution < 1.29 is 13.2 Å². The number of nitrogens with zero attached hydrogens (tertiary/aromatic N) is 4. The van der Waals surface area contributed by atoms with Gasteiger partial charge >= 0.3 is 5.69 Å². The number of ether oxygens (including phenoxy) is 1. The van der Waals surface area contributed by atoms with E-state index in [1.807, 2.05) is 19.9 Å². The minimum Gasteiger partial charge on any atom is -0.383 e. The Hall–Kier alpha value is -1.49. The molecule has 0 bridgehead atoms. The number of piperidine rings is 1. The van der Waals surface area contributed by atoms with E-state index in [0.717, 1.165) is 17.1 Å². The maximum absolute atomic E-state index is 12.9. The molecule has 0 N–H and O–H groups in total. The monoisotopic (exact) mass is 428 g/mol. The van der Waals surface area contributed by atoms with E-state index in [0.29, 0.717) is 49.8 Å². The fourth-order valence-electron chi connectivity index (χ4n) is 3.55. The van der Waals surface area contributed by atoms with Crippen LogP contribution in [0.25, 0.3) is 0 Å². The van der Waals surface area contributed by atoms with E-state index < -0.39 is 10.0 Å². The fraction of sp³-hybridized carbons (Fsp3) is 0.667. The van der Waals surface area contributed by atoms with Crippen LogP contribution in [0.5, 0.6) is 0 Å². The predicted molar refractivity (Wildman–Crippen MR) is 108 cm³/mol. The second-order valence-electron chi connectivity index (χ2n) is 6.85. The molecule has 1 aliphatic heterocycles. The van der Waals surface area contributed by atoms with Crippen molar-refractivity contribution in [3.05, 3.63) is 33.3 Å². The Morgan fingerprint density at radius 1 is 1.25 bits per heavy atom. The van der Waals surface area contributed by atoms with Gasteiger partial charge in [-0.2, -0.15) is 9.40 Å². The highest BCUT2D eigenvalue weighted by molar-refractivity contribution is 7.91. The first-order chi connectivity index (χ1) is 13.4. The number of hydrogen-bond donors (Lipinski definition) is 0. The lowest BCUT2D eigenvalue weighted by atomic mass is 9.97. The van der Waals surface area contributed by atoms with Gasteiger partial charge in [-0.15, -0.1) is 11.3 Å². The van der Waals surface area contributed by atoms with E-state index in [1.54, 1.807) is 22.0 Å². The van der Waals surface area contributed by atoms with Crippen LogP contribution < -0.4 is 5.69 Å². The molecular formula is C18H28N4O4S2. The Balaban J connectivity index is 1.74. The molecule has 0 amide bonds. The van der Waals surface area contributed by atoms with Gasteiger partial charge in [-0.3, -0.25) is 4.57 Å². The first kappa shape index (κ1) is 21.2. The average molecular weight is 429 g/mol. The van der Waals surface area contributed by atoms with Crippen LogP contribution in [-0.4, -0.2) is 53.9 Å². The van der Waals surface area contributed by atoms with Gasteiger partial charge in [0.1, 0.15) is 10.0 Å². The summed E-state index contributed by atoms with van der Waals surface area (Å²) < 4.78 is 36.0. The van der Waals surface area contributed by atoms with Crippen LogP contribution in [0.2, 0.25) is 0 Å². The Bertz CT molecular complexity index is 953. The summed E-state index contributed by atoms with van der Waals surface area (Å²) in [5, 5.41) is 4.52. The highest BCUT2D eigenvalue weighted by Gasteiger charge is 2.33. The van der Waals surface area contributed by atoms with Gasteiger partial charge in [0.25, 0.3) is 10.0 Å². The number of rotatable bonds is 8. The third-order valence-electron chi connectivity index (χ3n) is 5.17. The van der Waals surface area contributed by atoms with Gasteiger partial charge in [0.05, 0.1) is 13.2 Å². The van der Waals surface area contributed by atoms with Crippen LogP contribution in [0.3, 0.4) is 0 Å². The van der Waals surface area contributed by atoms with Crippen molar-refractivity contribution in [3.63, 3.8) is 0 Å². The molecule has 156 valence electrons. The molecule has 0 unspecified atom stereocenters. The molecule has 0 radical (unpaired) electrons. The summed E-state index contributed by atoms with van der Waals surface area (Å²) in [5.74, 6) is 0.836. The number of thiophene rings is 1. The number of sulfonamides is 1. The molecule has 2 aromatic heterocycles. The molecule has 28 heavy (non-hydrogen) atoms. The second-order valence-corrected chi connectivity index (χ2v) is 10.2. The Morgan fingerprint density at radius 2 is 1.96 bits per heavy atom. The van der Waals surface area contributed by atoms with Crippen LogP contribution in [0.1, 0.15) is 43.3 Å². The molecule has 10 heteroatoms. The summed E-state index contributed by atoms with van der Waals surface area (Å²) in [7, 11) is -1.85.